The van der Waals surface area contributed by atoms with Crippen LogP contribution in [-0.4, -0.2) is 31.6 Å². The van der Waals surface area contributed by atoms with E-state index in [1.54, 1.807) is 18.2 Å². The van der Waals surface area contributed by atoms with E-state index >= 15 is 0 Å². The molecule has 1 fully saturated rings. The van der Waals surface area contributed by atoms with E-state index < -0.39 is 5.91 Å². The Balaban J connectivity index is 2.14. The van der Waals surface area contributed by atoms with Crippen LogP contribution in [0, 0.1) is 17.2 Å². The van der Waals surface area contributed by atoms with Gasteiger partial charge in [0, 0.05) is 6.04 Å². The number of benzene rings is 1. The van der Waals surface area contributed by atoms with Gasteiger partial charge in [-0.05, 0) is 42.5 Å². The maximum Gasteiger partial charge on any atom is 0.262 e. The van der Waals surface area contributed by atoms with Gasteiger partial charge >= 0.3 is 0 Å². The molecule has 7 heteroatoms. The van der Waals surface area contributed by atoms with Crippen molar-refractivity contribution < 1.29 is 19.1 Å². The summed E-state index contributed by atoms with van der Waals surface area (Å²) in [6.07, 6.45) is 5.79. The molecule has 0 unspecified atom stereocenters. The molecule has 0 aromatic heterocycles. The Bertz CT molecular complexity index is 767. The first-order valence-electron chi connectivity index (χ1n) is 8.96. The summed E-state index contributed by atoms with van der Waals surface area (Å²) < 4.78 is 10.5. The first kappa shape index (κ1) is 20.3. The van der Waals surface area contributed by atoms with E-state index in [2.05, 4.69) is 12.2 Å². The predicted octanol–water partition coefficient (Wildman–Crippen LogP) is 2.16. The highest BCUT2D eigenvalue weighted by atomic mass is 16.5. The molecule has 1 saturated carbocycles. The number of nitrogens with two attached hydrogens (primary N) is 1. The minimum Gasteiger partial charge on any atom is -0.493 e. The average molecular weight is 371 g/mol. The number of hydrogen-bond donors (Lipinski definition) is 2. The third kappa shape index (κ3) is 5.74. The van der Waals surface area contributed by atoms with Crippen LogP contribution in [0.4, 0.5) is 0 Å². The van der Waals surface area contributed by atoms with Gasteiger partial charge in [-0.25, -0.2) is 0 Å². The van der Waals surface area contributed by atoms with Gasteiger partial charge in [-0.3, -0.25) is 9.59 Å². The zero-order chi connectivity index (χ0) is 19.8. The largest absolute Gasteiger partial charge is 0.493 e. The van der Waals surface area contributed by atoms with Crippen LogP contribution in [0.2, 0.25) is 0 Å². The molecular weight excluding hydrogens is 346 g/mol. The van der Waals surface area contributed by atoms with Crippen LogP contribution >= 0.6 is 0 Å². The number of primary amides is 1. The molecule has 7 nitrogen and oxygen atoms in total. The normalized spacial score (nSPS) is 19.7. The Kier molecular flexibility index (Phi) is 7.24. The van der Waals surface area contributed by atoms with E-state index in [1.165, 1.54) is 19.6 Å². The van der Waals surface area contributed by atoms with Gasteiger partial charge in [-0.15, -0.1) is 0 Å². The highest BCUT2D eigenvalue weighted by Gasteiger charge is 2.24. The van der Waals surface area contributed by atoms with Crippen LogP contribution in [0.1, 0.15) is 38.2 Å². The first-order valence-corrected chi connectivity index (χ1v) is 8.96. The highest BCUT2D eigenvalue weighted by Crippen LogP contribution is 2.29. The minimum absolute atomic E-state index is 0.0284. The van der Waals surface area contributed by atoms with Crippen molar-refractivity contribution >= 4 is 17.9 Å². The second kappa shape index (κ2) is 9.62. The number of carbonyl (C=O) groups is 2. The second-order valence-corrected chi connectivity index (χ2v) is 6.68. The summed E-state index contributed by atoms with van der Waals surface area (Å²) in [6.45, 7) is 1.85. The van der Waals surface area contributed by atoms with Crippen molar-refractivity contribution in [3.8, 4) is 17.6 Å². The minimum atomic E-state index is -0.596. The summed E-state index contributed by atoms with van der Waals surface area (Å²) in [5.74, 6) is 0.172. The van der Waals surface area contributed by atoms with Crippen LogP contribution < -0.4 is 20.5 Å². The molecule has 1 aromatic rings. The molecule has 144 valence electrons. The number of nitrogens with zero attached hydrogens (tertiary/aromatic N) is 1. The second-order valence-electron chi connectivity index (χ2n) is 6.68. The van der Waals surface area contributed by atoms with Crippen molar-refractivity contribution in [3.05, 3.63) is 29.3 Å². The van der Waals surface area contributed by atoms with Gasteiger partial charge in [0.2, 0.25) is 0 Å². The average Bonchev–Trinajstić information content (AvgIpc) is 2.66. The summed E-state index contributed by atoms with van der Waals surface area (Å²) in [7, 11) is 1.46. The molecule has 2 rings (SSSR count). The fraction of sp³-hybridized carbons (Fsp3) is 0.450. The topological polar surface area (TPSA) is 114 Å². The lowest BCUT2D eigenvalue weighted by molar-refractivity contribution is -0.120. The Hall–Kier alpha value is -3.01. The Morgan fingerprint density at radius 1 is 1.33 bits per heavy atom. The third-order valence-corrected chi connectivity index (χ3v) is 4.66. The van der Waals surface area contributed by atoms with Gasteiger partial charge in [0.15, 0.2) is 18.1 Å². The van der Waals surface area contributed by atoms with Gasteiger partial charge in [0.25, 0.3) is 11.8 Å². The van der Waals surface area contributed by atoms with Crippen LogP contribution in [0.5, 0.6) is 11.5 Å². The Morgan fingerprint density at radius 3 is 2.70 bits per heavy atom. The molecule has 1 aliphatic carbocycles. The maximum atomic E-state index is 12.5. The Labute approximate surface area is 159 Å². The molecular formula is C20H25N3O4. The lowest BCUT2D eigenvalue weighted by Gasteiger charge is -2.29. The number of methoxy groups -OCH3 is 1. The van der Waals surface area contributed by atoms with E-state index in [9.17, 15) is 14.9 Å². The summed E-state index contributed by atoms with van der Waals surface area (Å²) in [6, 6.07) is 6.97. The zero-order valence-corrected chi connectivity index (χ0v) is 15.7. The monoisotopic (exact) mass is 371 g/mol. The molecule has 0 spiro atoms. The molecule has 1 aliphatic rings. The van der Waals surface area contributed by atoms with Crippen LogP contribution in [0.3, 0.4) is 0 Å². The first-order chi connectivity index (χ1) is 12.9. The van der Waals surface area contributed by atoms with Crippen LogP contribution in [0.25, 0.3) is 6.08 Å². The molecule has 3 N–H and O–H groups in total. The van der Waals surface area contributed by atoms with Crippen molar-refractivity contribution in [3.63, 3.8) is 0 Å². The molecule has 1 aromatic carbocycles. The van der Waals surface area contributed by atoms with Gasteiger partial charge in [-0.1, -0.05) is 25.8 Å². The fourth-order valence-corrected chi connectivity index (χ4v) is 3.13. The fourth-order valence-electron chi connectivity index (χ4n) is 3.13. The molecule has 0 aliphatic heterocycles. The summed E-state index contributed by atoms with van der Waals surface area (Å²) in [5.41, 5.74) is 5.71. The van der Waals surface area contributed by atoms with E-state index in [-0.39, 0.29) is 24.1 Å². The molecule has 0 radical (unpaired) electrons. The lowest BCUT2D eigenvalue weighted by atomic mass is 9.86. The standard InChI is InChI=1S/C20H25N3O4/c1-13-5-3-4-6-16(13)23-20(25)15(11-21)9-14-7-8-17(18(10-14)26-2)27-12-19(22)24/h7-10,13,16H,3-6,12H2,1-2H3,(H2,22,24)(H,23,25)/b15-9+/t13-,16-/m1/s1. The van der Waals surface area contributed by atoms with E-state index in [0.29, 0.717) is 23.0 Å². The summed E-state index contributed by atoms with van der Waals surface area (Å²) in [4.78, 5) is 23.3. The van der Waals surface area contributed by atoms with Crippen LogP contribution in [0.15, 0.2) is 23.8 Å². The summed E-state index contributed by atoms with van der Waals surface area (Å²) in [5, 5.41) is 12.4. The molecule has 0 bridgehead atoms. The zero-order valence-electron chi connectivity index (χ0n) is 15.7. The maximum absolute atomic E-state index is 12.5. The number of ether oxygens (including phenoxy) is 2. The number of nitrogens with one attached hydrogen (secondary N) is 1. The summed E-state index contributed by atoms with van der Waals surface area (Å²) >= 11 is 0. The van der Waals surface area contributed by atoms with Crippen molar-refractivity contribution in [2.24, 2.45) is 11.7 Å². The number of carbonyl (C=O) groups excluding carboxylic acids is 2. The number of nitriles is 1. The Morgan fingerprint density at radius 2 is 2.07 bits per heavy atom. The number of amides is 2. The third-order valence-electron chi connectivity index (χ3n) is 4.66. The predicted molar refractivity (Wildman–Crippen MR) is 101 cm³/mol. The quantitative estimate of drug-likeness (QED) is 0.563. The highest BCUT2D eigenvalue weighted by molar-refractivity contribution is 6.01. The molecule has 0 heterocycles. The molecule has 2 amide bonds. The van der Waals surface area contributed by atoms with Crippen molar-refractivity contribution in [1.29, 1.82) is 5.26 Å². The van der Waals surface area contributed by atoms with E-state index in [1.807, 2.05) is 6.07 Å². The molecule has 27 heavy (non-hydrogen) atoms. The SMILES string of the molecule is COc1cc(/C=C(\C#N)C(=O)N[C@@H]2CCCC[C@H]2C)ccc1OCC(N)=O. The molecule has 0 saturated heterocycles. The van der Waals surface area contributed by atoms with Crippen LogP contribution in [-0.2, 0) is 9.59 Å². The van der Waals surface area contributed by atoms with Gasteiger partial charge in [-0.2, -0.15) is 5.26 Å². The number of rotatable bonds is 7. The molecule has 2 atom stereocenters. The van der Waals surface area contributed by atoms with E-state index in [4.69, 9.17) is 15.2 Å². The smallest absolute Gasteiger partial charge is 0.262 e. The van der Waals surface area contributed by atoms with Gasteiger partial charge < -0.3 is 20.5 Å². The van der Waals surface area contributed by atoms with Crippen molar-refractivity contribution in [2.45, 2.75) is 38.6 Å². The van der Waals surface area contributed by atoms with Crippen molar-refractivity contribution in [2.75, 3.05) is 13.7 Å². The number of hydrogen-bond acceptors (Lipinski definition) is 5. The van der Waals surface area contributed by atoms with Crippen molar-refractivity contribution in [1.82, 2.24) is 5.32 Å². The van der Waals surface area contributed by atoms with E-state index in [0.717, 1.165) is 19.3 Å². The van der Waals surface area contributed by atoms with Gasteiger partial charge in [0.1, 0.15) is 11.6 Å². The lowest BCUT2D eigenvalue weighted by Crippen LogP contribution is -2.41. The van der Waals surface area contributed by atoms with Gasteiger partial charge in [0.05, 0.1) is 7.11 Å².